The minimum atomic E-state index is 0.275. The number of hydrogen-bond donors (Lipinski definition) is 0. The van der Waals surface area contributed by atoms with Crippen LogP contribution in [0.4, 0.5) is 5.69 Å². The van der Waals surface area contributed by atoms with Gasteiger partial charge in [0.1, 0.15) is 11.5 Å². The van der Waals surface area contributed by atoms with Crippen molar-refractivity contribution in [2.45, 2.75) is 13.2 Å². The fourth-order valence-electron chi connectivity index (χ4n) is 3.23. The quantitative estimate of drug-likeness (QED) is 0.624. The molecule has 0 amide bonds. The number of para-hydroxylation sites is 1. The van der Waals surface area contributed by atoms with Gasteiger partial charge in [-0.2, -0.15) is 4.98 Å². The van der Waals surface area contributed by atoms with Gasteiger partial charge in [0.05, 0.1) is 13.7 Å². The first-order valence-corrected chi connectivity index (χ1v) is 9.41. The summed E-state index contributed by atoms with van der Waals surface area (Å²) in [5.74, 6) is 2.71. The standard InChI is InChI=1S/C21H24N4O3/c1-26-18-7-9-19(10-8-18)27-16-20-22-21(28-23-20)15-24-11-13-25(14-12-24)17-5-3-2-4-6-17/h2-10H,11-16H2,1H3. The van der Waals surface area contributed by atoms with Gasteiger partial charge >= 0.3 is 0 Å². The smallest absolute Gasteiger partial charge is 0.240 e. The molecule has 1 aliphatic heterocycles. The Morgan fingerprint density at radius 1 is 0.929 bits per heavy atom. The van der Waals surface area contributed by atoms with Gasteiger partial charge in [0.25, 0.3) is 0 Å². The Kier molecular flexibility index (Phi) is 5.72. The van der Waals surface area contributed by atoms with Crippen LogP contribution in [-0.4, -0.2) is 48.3 Å². The summed E-state index contributed by atoms with van der Waals surface area (Å²) < 4.78 is 16.2. The van der Waals surface area contributed by atoms with Crippen molar-refractivity contribution in [1.82, 2.24) is 15.0 Å². The number of nitrogens with zero attached hydrogens (tertiary/aromatic N) is 4. The monoisotopic (exact) mass is 380 g/mol. The van der Waals surface area contributed by atoms with E-state index in [4.69, 9.17) is 14.0 Å². The van der Waals surface area contributed by atoms with E-state index in [2.05, 4.69) is 44.2 Å². The number of anilines is 1. The molecule has 0 unspecified atom stereocenters. The molecule has 0 radical (unpaired) electrons. The van der Waals surface area contributed by atoms with Gasteiger partial charge in [0.2, 0.25) is 11.7 Å². The van der Waals surface area contributed by atoms with Gasteiger partial charge in [0, 0.05) is 31.9 Å². The van der Waals surface area contributed by atoms with E-state index in [0.717, 1.165) is 37.7 Å². The van der Waals surface area contributed by atoms with Crippen LogP contribution in [0.15, 0.2) is 59.1 Å². The molecule has 0 saturated carbocycles. The lowest BCUT2D eigenvalue weighted by Gasteiger charge is -2.35. The Morgan fingerprint density at radius 3 is 2.36 bits per heavy atom. The highest BCUT2D eigenvalue weighted by molar-refractivity contribution is 5.46. The summed E-state index contributed by atoms with van der Waals surface area (Å²) in [6, 6.07) is 17.9. The molecule has 1 aliphatic rings. The molecule has 0 N–H and O–H groups in total. The lowest BCUT2D eigenvalue weighted by molar-refractivity contribution is 0.214. The second-order valence-electron chi connectivity index (χ2n) is 6.67. The molecule has 1 fully saturated rings. The average Bonchev–Trinajstić information content (AvgIpc) is 3.21. The second kappa shape index (κ2) is 8.75. The SMILES string of the molecule is COc1ccc(OCc2noc(CN3CCN(c4ccccc4)CC3)n2)cc1. The summed E-state index contributed by atoms with van der Waals surface area (Å²) >= 11 is 0. The number of aromatic nitrogens is 2. The molecule has 7 nitrogen and oxygen atoms in total. The highest BCUT2D eigenvalue weighted by atomic mass is 16.5. The molecule has 28 heavy (non-hydrogen) atoms. The minimum absolute atomic E-state index is 0.275. The van der Waals surface area contributed by atoms with Crippen LogP contribution in [0.3, 0.4) is 0 Å². The van der Waals surface area contributed by atoms with Crippen molar-refractivity contribution in [2.75, 3.05) is 38.2 Å². The van der Waals surface area contributed by atoms with E-state index in [1.807, 2.05) is 30.3 Å². The van der Waals surface area contributed by atoms with E-state index in [1.165, 1.54) is 5.69 Å². The Hall–Kier alpha value is -3.06. The maximum Gasteiger partial charge on any atom is 0.240 e. The third-order valence-electron chi connectivity index (χ3n) is 4.79. The molecule has 0 bridgehead atoms. The Morgan fingerprint density at radius 2 is 1.64 bits per heavy atom. The molecule has 146 valence electrons. The van der Waals surface area contributed by atoms with Crippen molar-refractivity contribution < 1.29 is 14.0 Å². The highest BCUT2D eigenvalue weighted by Crippen LogP contribution is 2.18. The number of ether oxygens (including phenoxy) is 2. The number of hydrogen-bond acceptors (Lipinski definition) is 7. The maximum absolute atomic E-state index is 5.70. The van der Waals surface area contributed by atoms with Gasteiger partial charge in [-0.25, -0.2) is 0 Å². The van der Waals surface area contributed by atoms with Crippen LogP contribution in [0, 0.1) is 0 Å². The van der Waals surface area contributed by atoms with Crippen LogP contribution in [0.25, 0.3) is 0 Å². The lowest BCUT2D eigenvalue weighted by Crippen LogP contribution is -2.46. The normalized spacial score (nSPS) is 14.8. The zero-order chi connectivity index (χ0) is 19.2. The molecule has 1 saturated heterocycles. The van der Waals surface area contributed by atoms with E-state index >= 15 is 0 Å². The van der Waals surface area contributed by atoms with Gasteiger partial charge in [-0.1, -0.05) is 23.4 Å². The minimum Gasteiger partial charge on any atom is -0.497 e. The van der Waals surface area contributed by atoms with Gasteiger partial charge in [0.15, 0.2) is 6.61 Å². The second-order valence-corrected chi connectivity index (χ2v) is 6.67. The van der Waals surface area contributed by atoms with Crippen molar-refractivity contribution in [3.05, 3.63) is 66.3 Å². The van der Waals surface area contributed by atoms with E-state index in [-0.39, 0.29) is 6.61 Å². The van der Waals surface area contributed by atoms with Crippen molar-refractivity contribution in [2.24, 2.45) is 0 Å². The van der Waals surface area contributed by atoms with Crippen LogP contribution in [0.2, 0.25) is 0 Å². The van der Waals surface area contributed by atoms with Crippen molar-refractivity contribution >= 4 is 5.69 Å². The zero-order valence-electron chi connectivity index (χ0n) is 16.0. The summed E-state index contributed by atoms with van der Waals surface area (Å²) in [5.41, 5.74) is 1.28. The molecule has 0 aliphatic carbocycles. The molecule has 0 atom stereocenters. The Labute approximate surface area is 164 Å². The molecule has 0 spiro atoms. The fourth-order valence-corrected chi connectivity index (χ4v) is 3.23. The van der Waals surface area contributed by atoms with E-state index in [0.29, 0.717) is 18.3 Å². The summed E-state index contributed by atoms with van der Waals surface area (Å²) in [6.45, 7) is 4.86. The highest BCUT2D eigenvalue weighted by Gasteiger charge is 2.19. The van der Waals surface area contributed by atoms with Crippen LogP contribution < -0.4 is 14.4 Å². The predicted octanol–water partition coefficient (Wildman–Crippen LogP) is 2.98. The molecule has 2 heterocycles. The Bertz CT molecular complexity index is 859. The molecular weight excluding hydrogens is 356 g/mol. The number of piperazine rings is 1. The molecule has 3 aromatic rings. The summed E-state index contributed by atoms with van der Waals surface area (Å²) in [7, 11) is 1.64. The first-order chi connectivity index (χ1) is 13.8. The summed E-state index contributed by atoms with van der Waals surface area (Å²) in [5, 5.41) is 4.02. The number of benzene rings is 2. The topological polar surface area (TPSA) is 63.9 Å². The number of methoxy groups -OCH3 is 1. The molecule has 4 rings (SSSR count). The largest absolute Gasteiger partial charge is 0.497 e. The van der Waals surface area contributed by atoms with E-state index in [1.54, 1.807) is 7.11 Å². The molecule has 7 heteroatoms. The van der Waals surface area contributed by atoms with Crippen LogP contribution in [-0.2, 0) is 13.2 Å². The third-order valence-corrected chi connectivity index (χ3v) is 4.79. The average molecular weight is 380 g/mol. The van der Waals surface area contributed by atoms with E-state index < -0.39 is 0 Å². The van der Waals surface area contributed by atoms with Gasteiger partial charge in [-0.05, 0) is 36.4 Å². The molecule has 1 aromatic heterocycles. The lowest BCUT2D eigenvalue weighted by atomic mass is 10.2. The van der Waals surface area contributed by atoms with Crippen LogP contribution >= 0.6 is 0 Å². The van der Waals surface area contributed by atoms with Crippen molar-refractivity contribution in [1.29, 1.82) is 0 Å². The van der Waals surface area contributed by atoms with Crippen LogP contribution in [0.5, 0.6) is 11.5 Å². The fraction of sp³-hybridized carbons (Fsp3) is 0.333. The first-order valence-electron chi connectivity index (χ1n) is 9.41. The van der Waals surface area contributed by atoms with Gasteiger partial charge in [-0.3, -0.25) is 4.90 Å². The van der Waals surface area contributed by atoms with Gasteiger partial charge in [-0.15, -0.1) is 0 Å². The Balaban J connectivity index is 1.24. The zero-order valence-corrected chi connectivity index (χ0v) is 16.0. The molecule has 2 aromatic carbocycles. The van der Waals surface area contributed by atoms with Crippen LogP contribution in [0.1, 0.15) is 11.7 Å². The maximum atomic E-state index is 5.70. The first kappa shape index (κ1) is 18.3. The van der Waals surface area contributed by atoms with Gasteiger partial charge < -0.3 is 18.9 Å². The van der Waals surface area contributed by atoms with Crippen molar-refractivity contribution in [3.8, 4) is 11.5 Å². The van der Waals surface area contributed by atoms with Crippen molar-refractivity contribution in [3.63, 3.8) is 0 Å². The van der Waals surface area contributed by atoms with E-state index in [9.17, 15) is 0 Å². The number of rotatable bonds is 7. The summed E-state index contributed by atoms with van der Waals surface area (Å²) in [6.07, 6.45) is 0. The third kappa shape index (κ3) is 4.61. The summed E-state index contributed by atoms with van der Waals surface area (Å²) in [4.78, 5) is 9.18. The predicted molar refractivity (Wildman–Crippen MR) is 106 cm³/mol. The molecular formula is C21H24N4O3.